The minimum atomic E-state index is 0.526. The van der Waals surface area contributed by atoms with Gasteiger partial charge in [0.05, 0.1) is 7.11 Å². The van der Waals surface area contributed by atoms with Gasteiger partial charge in [-0.15, -0.1) is 0 Å². The second-order valence-corrected chi connectivity index (χ2v) is 5.80. The molecule has 2 rings (SSSR count). The Morgan fingerprint density at radius 2 is 1.95 bits per heavy atom. The summed E-state index contributed by atoms with van der Waals surface area (Å²) in [5, 5.41) is 3.83. The molecule has 1 saturated carbocycles. The molecule has 2 unspecified atom stereocenters. The molecule has 0 saturated heterocycles. The standard InChI is InChI=1S/C17H27NO/c1-4-5-6-13(2)18-17(14-7-8-14)15-9-11-16(19-3)12-10-15/h9-14,17-18H,4-8H2,1-3H3. The van der Waals surface area contributed by atoms with Crippen LogP contribution in [0.4, 0.5) is 0 Å². The highest BCUT2D eigenvalue weighted by molar-refractivity contribution is 5.30. The normalized spacial score (nSPS) is 18.1. The fourth-order valence-corrected chi connectivity index (χ4v) is 2.65. The van der Waals surface area contributed by atoms with Crippen LogP contribution in [0.5, 0.6) is 5.75 Å². The van der Waals surface area contributed by atoms with Gasteiger partial charge in [0.1, 0.15) is 5.75 Å². The summed E-state index contributed by atoms with van der Waals surface area (Å²) < 4.78 is 5.24. The van der Waals surface area contributed by atoms with Crippen molar-refractivity contribution in [1.29, 1.82) is 0 Å². The quantitative estimate of drug-likeness (QED) is 0.752. The molecule has 19 heavy (non-hydrogen) atoms. The Kier molecular flexibility index (Phi) is 5.26. The van der Waals surface area contributed by atoms with Crippen molar-refractivity contribution in [2.24, 2.45) is 5.92 Å². The second kappa shape index (κ2) is 6.95. The molecular weight excluding hydrogens is 234 g/mol. The van der Waals surface area contributed by atoms with Gasteiger partial charge in [0.25, 0.3) is 0 Å². The molecule has 0 amide bonds. The van der Waals surface area contributed by atoms with Crippen LogP contribution in [0.3, 0.4) is 0 Å². The molecule has 2 nitrogen and oxygen atoms in total. The average molecular weight is 261 g/mol. The molecule has 1 aliphatic rings. The number of ether oxygens (including phenoxy) is 1. The highest BCUT2D eigenvalue weighted by Gasteiger charge is 2.32. The molecule has 106 valence electrons. The lowest BCUT2D eigenvalue weighted by molar-refractivity contribution is 0.394. The van der Waals surface area contributed by atoms with Gasteiger partial charge in [-0.25, -0.2) is 0 Å². The van der Waals surface area contributed by atoms with E-state index in [-0.39, 0.29) is 0 Å². The maximum absolute atomic E-state index is 5.24. The first kappa shape index (κ1) is 14.4. The summed E-state index contributed by atoms with van der Waals surface area (Å²) in [4.78, 5) is 0. The zero-order valence-corrected chi connectivity index (χ0v) is 12.5. The summed E-state index contributed by atoms with van der Waals surface area (Å²) in [5.41, 5.74) is 1.41. The zero-order chi connectivity index (χ0) is 13.7. The minimum absolute atomic E-state index is 0.526. The van der Waals surface area contributed by atoms with E-state index in [9.17, 15) is 0 Å². The molecule has 1 N–H and O–H groups in total. The highest BCUT2D eigenvalue weighted by Crippen LogP contribution is 2.41. The lowest BCUT2D eigenvalue weighted by atomic mass is 10.00. The van der Waals surface area contributed by atoms with Gasteiger partial charge in [-0.3, -0.25) is 0 Å². The Labute approximate surface area is 117 Å². The first-order valence-corrected chi connectivity index (χ1v) is 7.64. The van der Waals surface area contributed by atoms with Crippen LogP contribution >= 0.6 is 0 Å². The van der Waals surface area contributed by atoms with Crippen LogP contribution in [-0.4, -0.2) is 13.2 Å². The fourth-order valence-electron chi connectivity index (χ4n) is 2.65. The second-order valence-electron chi connectivity index (χ2n) is 5.80. The van der Waals surface area contributed by atoms with Gasteiger partial charge in [-0.1, -0.05) is 31.9 Å². The van der Waals surface area contributed by atoms with E-state index in [0.717, 1.165) is 11.7 Å². The number of rotatable bonds is 8. The molecule has 0 aliphatic heterocycles. The van der Waals surface area contributed by atoms with E-state index in [4.69, 9.17) is 4.74 Å². The van der Waals surface area contributed by atoms with Crippen LogP contribution in [0.25, 0.3) is 0 Å². The van der Waals surface area contributed by atoms with Crippen LogP contribution in [0.1, 0.15) is 57.6 Å². The predicted molar refractivity (Wildman–Crippen MR) is 80.6 cm³/mol. The first-order chi connectivity index (χ1) is 9.24. The summed E-state index contributed by atoms with van der Waals surface area (Å²) >= 11 is 0. The van der Waals surface area contributed by atoms with Crippen LogP contribution in [0.15, 0.2) is 24.3 Å². The van der Waals surface area contributed by atoms with Gasteiger partial charge in [0, 0.05) is 12.1 Å². The predicted octanol–water partition coefficient (Wildman–Crippen LogP) is 4.31. The van der Waals surface area contributed by atoms with E-state index in [1.165, 1.54) is 37.7 Å². The van der Waals surface area contributed by atoms with Gasteiger partial charge >= 0.3 is 0 Å². The Balaban J connectivity index is 1.98. The van der Waals surface area contributed by atoms with E-state index in [0.29, 0.717) is 12.1 Å². The van der Waals surface area contributed by atoms with Gasteiger partial charge in [-0.2, -0.15) is 0 Å². The van der Waals surface area contributed by atoms with Crippen molar-refractivity contribution in [2.75, 3.05) is 7.11 Å². The largest absolute Gasteiger partial charge is 0.497 e. The van der Waals surface area contributed by atoms with Crippen molar-refractivity contribution in [2.45, 2.75) is 58.0 Å². The molecule has 1 aromatic rings. The van der Waals surface area contributed by atoms with E-state index >= 15 is 0 Å². The molecule has 1 aliphatic carbocycles. The van der Waals surface area contributed by atoms with Crippen LogP contribution in [0.2, 0.25) is 0 Å². The zero-order valence-electron chi connectivity index (χ0n) is 12.5. The Morgan fingerprint density at radius 1 is 1.26 bits per heavy atom. The summed E-state index contributed by atoms with van der Waals surface area (Å²) in [5.74, 6) is 1.77. The van der Waals surface area contributed by atoms with Crippen molar-refractivity contribution in [3.8, 4) is 5.75 Å². The number of hydrogen-bond donors (Lipinski definition) is 1. The maximum Gasteiger partial charge on any atom is 0.118 e. The molecule has 1 aromatic carbocycles. The average Bonchev–Trinajstić information content (AvgIpc) is 3.27. The molecule has 1 fully saturated rings. The minimum Gasteiger partial charge on any atom is -0.497 e. The maximum atomic E-state index is 5.24. The molecule has 0 spiro atoms. The first-order valence-electron chi connectivity index (χ1n) is 7.64. The summed E-state index contributed by atoms with van der Waals surface area (Å²) in [6, 6.07) is 9.69. The lowest BCUT2D eigenvalue weighted by Gasteiger charge is -2.24. The van der Waals surface area contributed by atoms with E-state index in [1.807, 2.05) is 0 Å². The van der Waals surface area contributed by atoms with E-state index in [2.05, 4.69) is 43.4 Å². The number of nitrogens with one attached hydrogen (secondary N) is 1. The third kappa shape index (κ3) is 4.24. The monoisotopic (exact) mass is 261 g/mol. The van der Waals surface area contributed by atoms with Gasteiger partial charge in [0.2, 0.25) is 0 Å². The Morgan fingerprint density at radius 3 is 2.47 bits per heavy atom. The lowest BCUT2D eigenvalue weighted by Crippen LogP contribution is -2.31. The van der Waals surface area contributed by atoms with Crippen LogP contribution < -0.4 is 10.1 Å². The molecule has 2 atom stereocenters. The Bertz CT molecular complexity index is 369. The fraction of sp³-hybridized carbons (Fsp3) is 0.647. The SMILES string of the molecule is CCCCC(C)NC(c1ccc(OC)cc1)C1CC1. The third-order valence-electron chi connectivity index (χ3n) is 4.02. The summed E-state index contributed by atoms with van der Waals surface area (Å²) in [7, 11) is 1.72. The van der Waals surface area contributed by atoms with Crippen molar-refractivity contribution < 1.29 is 4.74 Å². The molecule has 0 radical (unpaired) electrons. The van der Waals surface area contributed by atoms with E-state index in [1.54, 1.807) is 7.11 Å². The molecule has 0 aromatic heterocycles. The number of hydrogen-bond acceptors (Lipinski definition) is 2. The topological polar surface area (TPSA) is 21.3 Å². The van der Waals surface area contributed by atoms with Crippen molar-refractivity contribution in [3.63, 3.8) is 0 Å². The Hall–Kier alpha value is -1.02. The third-order valence-corrected chi connectivity index (χ3v) is 4.02. The summed E-state index contributed by atoms with van der Waals surface area (Å²) in [6.45, 7) is 4.57. The molecular formula is C17H27NO. The highest BCUT2D eigenvalue weighted by atomic mass is 16.5. The number of methoxy groups -OCH3 is 1. The number of unbranched alkanes of at least 4 members (excludes halogenated alkanes) is 1. The summed E-state index contributed by atoms with van der Waals surface area (Å²) in [6.07, 6.45) is 6.60. The van der Waals surface area contributed by atoms with Crippen LogP contribution in [0, 0.1) is 5.92 Å². The molecule has 2 heteroatoms. The van der Waals surface area contributed by atoms with Crippen molar-refractivity contribution in [3.05, 3.63) is 29.8 Å². The smallest absolute Gasteiger partial charge is 0.118 e. The van der Waals surface area contributed by atoms with Crippen molar-refractivity contribution >= 4 is 0 Å². The van der Waals surface area contributed by atoms with Gasteiger partial charge < -0.3 is 10.1 Å². The number of benzene rings is 1. The molecule has 0 bridgehead atoms. The van der Waals surface area contributed by atoms with Crippen LogP contribution in [-0.2, 0) is 0 Å². The van der Waals surface area contributed by atoms with Gasteiger partial charge in [0.15, 0.2) is 0 Å². The molecule has 0 heterocycles. The van der Waals surface area contributed by atoms with Gasteiger partial charge in [-0.05, 0) is 49.8 Å². The van der Waals surface area contributed by atoms with E-state index < -0.39 is 0 Å². The van der Waals surface area contributed by atoms with Crippen molar-refractivity contribution in [1.82, 2.24) is 5.32 Å².